The molecule has 0 aromatic carbocycles. The molecule has 52 valence electrons. The van der Waals surface area contributed by atoms with Crippen LogP contribution in [0.3, 0.4) is 0 Å². The SMILES string of the molecule is NC(O)/C(F)=C\NC=O. The predicted molar refractivity (Wildman–Crippen MR) is 28.6 cm³/mol. The fraction of sp³-hybridized carbons (Fsp3) is 0.250. The molecule has 1 amide bonds. The second kappa shape index (κ2) is 3.99. The summed E-state index contributed by atoms with van der Waals surface area (Å²) < 4.78 is 12.0. The zero-order valence-electron chi connectivity index (χ0n) is 4.54. The quantitative estimate of drug-likeness (QED) is 0.336. The van der Waals surface area contributed by atoms with E-state index in [2.05, 4.69) is 5.73 Å². The van der Waals surface area contributed by atoms with Crippen molar-refractivity contribution in [3.63, 3.8) is 0 Å². The van der Waals surface area contributed by atoms with Gasteiger partial charge in [-0.25, -0.2) is 4.39 Å². The summed E-state index contributed by atoms with van der Waals surface area (Å²) in [6.07, 6.45) is -0.711. The number of amides is 1. The van der Waals surface area contributed by atoms with Crippen molar-refractivity contribution in [1.29, 1.82) is 0 Å². The minimum Gasteiger partial charge on any atom is -0.372 e. The van der Waals surface area contributed by atoms with Crippen LogP contribution in [0, 0.1) is 0 Å². The molecule has 0 rings (SSSR count). The monoisotopic (exact) mass is 134 g/mol. The Bertz CT molecular complexity index is 124. The van der Waals surface area contributed by atoms with Crippen LogP contribution < -0.4 is 11.1 Å². The standard InChI is InChI=1S/C4H7FN2O2/c5-3(4(6)9)1-7-2-8/h1-2,4,9H,6H2,(H,7,8)/b3-1+. The van der Waals surface area contributed by atoms with Gasteiger partial charge in [0, 0.05) is 6.20 Å². The van der Waals surface area contributed by atoms with Crippen molar-refractivity contribution in [2.24, 2.45) is 5.73 Å². The number of halogens is 1. The van der Waals surface area contributed by atoms with Gasteiger partial charge in [0.1, 0.15) is 0 Å². The van der Waals surface area contributed by atoms with Crippen LogP contribution in [-0.4, -0.2) is 17.7 Å². The van der Waals surface area contributed by atoms with E-state index in [1.807, 2.05) is 5.32 Å². The molecule has 4 N–H and O–H groups in total. The average Bonchev–Trinajstić information content (AvgIpc) is 1.82. The van der Waals surface area contributed by atoms with Gasteiger partial charge in [-0.3, -0.25) is 4.79 Å². The molecule has 0 saturated heterocycles. The summed E-state index contributed by atoms with van der Waals surface area (Å²) in [5.74, 6) is -0.984. The summed E-state index contributed by atoms with van der Waals surface area (Å²) in [6.45, 7) is 0. The van der Waals surface area contributed by atoms with Crippen molar-refractivity contribution >= 4 is 6.41 Å². The minimum atomic E-state index is -1.66. The molecule has 0 aromatic heterocycles. The first-order valence-electron chi connectivity index (χ1n) is 2.17. The van der Waals surface area contributed by atoms with Crippen LogP contribution >= 0.6 is 0 Å². The predicted octanol–water partition coefficient (Wildman–Crippen LogP) is -1.18. The van der Waals surface area contributed by atoms with Crippen LogP contribution in [0.25, 0.3) is 0 Å². The van der Waals surface area contributed by atoms with Gasteiger partial charge in [0.2, 0.25) is 6.41 Å². The molecule has 0 aliphatic rings. The number of hydrogen-bond acceptors (Lipinski definition) is 3. The van der Waals surface area contributed by atoms with Gasteiger partial charge in [0.05, 0.1) is 0 Å². The summed E-state index contributed by atoms with van der Waals surface area (Å²) >= 11 is 0. The number of carbonyl (C=O) groups excluding carboxylic acids is 1. The van der Waals surface area contributed by atoms with Crippen LogP contribution in [0.5, 0.6) is 0 Å². The van der Waals surface area contributed by atoms with E-state index in [0.717, 1.165) is 0 Å². The maximum Gasteiger partial charge on any atom is 0.211 e. The minimum absolute atomic E-state index is 0.266. The van der Waals surface area contributed by atoms with Gasteiger partial charge in [-0.05, 0) is 0 Å². The molecule has 0 aliphatic heterocycles. The van der Waals surface area contributed by atoms with Gasteiger partial charge in [-0.1, -0.05) is 0 Å². The lowest BCUT2D eigenvalue weighted by molar-refractivity contribution is -0.108. The van der Waals surface area contributed by atoms with E-state index in [4.69, 9.17) is 5.11 Å². The smallest absolute Gasteiger partial charge is 0.211 e. The van der Waals surface area contributed by atoms with Crippen LogP contribution in [0.1, 0.15) is 0 Å². The molecule has 0 fully saturated rings. The van der Waals surface area contributed by atoms with E-state index in [9.17, 15) is 9.18 Å². The summed E-state index contributed by atoms with van der Waals surface area (Å²) in [5, 5.41) is 10.1. The number of rotatable bonds is 3. The Kier molecular flexibility index (Phi) is 3.57. The molecule has 0 heterocycles. The summed E-state index contributed by atoms with van der Waals surface area (Å²) in [5.41, 5.74) is 4.63. The van der Waals surface area contributed by atoms with Crippen LogP contribution in [0.15, 0.2) is 12.0 Å². The van der Waals surface area contributed by atoms with Crippen molar-refractivity contribution in [2.45, 2.75) is 6.23 Å². The second-order valence-corrected chi connectivity index (χ2v) is 1.26. The molecule has 0 bridgehead atoms. The molecule has 0 saturated carbocycles. The van der Waals surface area contributed by atoms with Crippen molar-refractivity contribution < 1.29 is 14.3 Å². The summed E-state index contributed by atoms with van der Waals surface area (Å²) in [7, 11) is 0. The zero-order chi connectivity index (χ0) is 7.28. The van der Waals surface area contributed by atoms with Crippen molar-refractivity contribution in [3.8, 4) is 0 Å². The van der Waals surface area contributed by atoms with E-state index >= 15 is 0 Å². The van der Waals surface area contributed by atoms with Gasteiger partial charge >= 0.3 is 0 Å². The molecule has 1 atom stereocenters. The lowest BCUT2D eigenvalue weighted by Crippen LogP contribution is -2.20. The topological polar surface area (TPSA) is 75.3 Å². The van der Waals surface area contributed by atoms with E-state index in [1.54, 1.807) is 0 Å². The molecule has 5 heteroatoms. The first-order valence-corrected chi connectivity index (χ1v) is 2.17. The molecule has 0 aliphatic carbocycles. The zero-order valence-corrected chi connectivity index (χ0v) is 4.54. The van der Waals surface area contributed by atoms with Crippen LogP contribution in [0.2, 0.25) is 0 Å². The van der Waals surface area contributed by atoms with E-state index in [0.29, 0.717) is 6.20 Å². The molecule has 4 nitrogen and oxygen atoms in total. The third-order valence-electron chi connectivity index (χ3n) is 0.572. The summed E-state index contributed by atoms with van der Waals surface area (Å²) in [6, 6.07) is 0. The van der Waals surface area contributed by atoms with Crippen LogP contribution in [0.4, 0.5) is 4.39 Å². The maximum atomic E-state index is 12.0. The molecule has 9 heavy (non-hydrogen) atoms. The van der Waals surface area contributed by atoms with E-state index in [-0.39, 0.29) is 6.41 Å². The highest BCUT2D eigenvalue weighted by molar-refractivity contribution is 5.47. The third kappa shape index (κ3) is 3.63. The van der Waals surface area contributed by atoms with Crippen molar-refractivity contribution in [2.75, 3.05) is 0 Å². The van der Waals surface area contributed by atoms with Crippen LogP contribution in [-0.2, 0) is 4.79 Å². The van der Waals surface area contributed by atoms with Crippen molar-refractivity contribution in [1.82, 2.24) is 5.32 Å². The number of nitrogens with two attached hydrogens (primary N) is 1. The fourth-order valence-corrected chi connectivity index (χ4v) is 0.199. The van der Waals surface area contributed by atoms with Gasteiger partial charge < -0.3 is 16.2 Å². The lowest BCUT2D eigenvalue weighted by atomic mass is 10.5. The Morgan fingerprint density at radius 1 is 1.89 bits per heavy atom. The summed E-state index contributed by atoms with van der Waals surface area (Å²) in [4.78, 5) is 9.49. The number of carbonyl (C=O) groups is 1. The molecule has 0 spiro atoms. The van der Waals surface area contributed by atoms with Gasteiger partial charge in [0.25, 0.3) is 0 Å². The van der Waals surface area contributed by atoms with Gasteiger partial charge in [-0.15, -0.1) is 0 Å². The molecule has 0 radical (unpaired) electrons. The number of aliphatic hydroxyl groups excluding tert-OH is 1. The average molecular weight is 134 g/mol. The van der Waals surface area contributed by atoms with Crippen molar-refractivity contribution in [3.05, 3.63) is 12.0 Å². The number of nitrogens with one attached hydrogen (secondary N) is 1. The Balaban J connectivity index is 3.68. The second-order valence-electron chi connectivity index (χ2n) is 1.26. The Labute approximate surface area is 51.2 Å². The lowest BCUT2D eigenvalue weighted by Gasteiger charge is -1.97. The highest BCUT2D eigenvalue weighted by atomic mass is 19.1. The van der Waals surface area contributed by atoms with E-state index < -0.39 is 12.1 Å². The largest absolute Gasteiger partial charge is 0.372 e. The highest BCUT2D eigenvalue weighted by Crippen LogP contribution is 1.94. The molecule has 0 aromatic rings. The fourth-order valence-electron chi connectivity index (χ4n) is 0.199. The first kappa shape index (κ1) is 8.06. The Morgan fingerprint density at radius 3 is 2.78 bits per heavy atom. The Morgan fingerprint density at radius 2 is 2.44 bits per heavy atom. The highest BCUT2D eigenvalue weighted by Gasteiger charge is 2.00. The number of hydrogen-bond donors (Lipinski definition) is 3. The van der Waals surface area contributed by atoms with E-state index in [1.165, 1.54) is 0 Å². The first-order chi connectivity index (χ1) is 4.18. The maximum absolute atomic E-state index is 12.0. The van der Waals surface area contributed by atoms with Gasteiger partial charge in [-0.2, -0.15) is 0 Å². The Hall–Kier alpha value is -0.940. The number of aliphatic hydroxyl groups is 1. The normalized spacial score (nSPS) is 14.8. The molecular weight excluding hydrogens is 127 g/mol. The molecule has 1 unspecified atom stereocenters. The van der Waals surface area contributed by atoms with Gasteiger partial charge in [0.15, 0.2) is 12.1 Å². The third-order valence-corrected chi connectivity index (χ3v) is 0.572. The molecular formula is C4H7FN2O2.